The Labute approximate surface area is 195 Å². The van der Waals surface area contributed by atoms with E-state index in [0.29, 0.717) is 0 Å². The molecule has 0 saturated heterocycles. The van der Waals surface area contributed by atoms with Crippen molar-refractivity contribution in [1.82, 2.24) is 0 Å². The van der Waals surface area contributed by atoms with E-state index in [0.717, 1.165) is 6.42 Å². The quantitative estimate of drug-likeness (QED) is 0.444. The fourth-order valence-corrected chi connectivity index (χ4v) is 3.75. The van der Waals surface area contributed by atoms with Crippen molar-refractivity contribution in [2.24, 2.45) is 0 Å². The molecule has 27 heavy (non-hydrogen) atoms. The van der Waals surface area contributed by atoms with Crippen LogP contribution in [0, 0.1) is 33.8 Å². The van der Waals surface area contributed by atoms with Crippen LogP contribution in [0.2, 0.25) is 0 Å². The van der Waals surface area contributed by atoms with Gasteiger partial charge in [-0.25, -0.2) is 0 Å². The Morgan fingerprint density at radius 1 is 0.963 bits per heavy atom. The minimum atomic E-state index is 0. The predicted octanol–water partition coefficient (Wildman–Crippen LogP) is 0.310. The van der Waals surface area contributed by atoms with E-state index in [1.165, 1.54) is 50.6 Å². The molecule has 0 nitrogen and oxygen atoms in total. The summed E-state index contributed by atoms with van der Waals surface area (Å²) < 4.78 is 0. The second-order valence-electron chi connectivity index (χ2n) is 6.71. The molecule has 0 spiro atoms. The molecule has 0 aromatic heterocycles. The van der Waals surface area contributed by atoms with Crippen LogP contribution in [0.3, 0.4) is 0 Å². The van der Waals surface area contributed by atoms with Crippen molar-refractivity contribution in [2.75, 3.05) is 0 Å². The molecule has 1 aliphatic rings. The van der Waals surface area contributed by atoms with E-state index in [-0.39, 0.29) is 51.0 Å². The molecule has 0 radical (unpaired) electrons. The molecule has 0 saturated carbocycles. The molecule has 0 bridgehead atoms. The summed E-state index contributed by atoms with van der Waals surface area (Å²) in [6.45, 7) is 11.1. The van der Waals surface area contributed by atoms with Gasteiger partial charge in [0.05, 0.1) is 0 Å². The number of allylic oxidation sites excluding steroid dienone is 1. The van der Waals surface area contributed by atoms with Gasteiger partial charge in [0, 0.05) is 0 Å². The normalized spacial score (nSPS) is 10.9. The second kappa shape index (κ2) is 11.3. The SMILES string of the molecule is CCc1c(C)c(C)c(C)[c-]1C.[C-]1=CCc2ccc3ccccc3c21.[Cl-].[Cl-].[Zr+4]. The van der Waals surface area contributed by atoms with E-state index in [4.69, 9.17) is 0 Å². The minimum absolute atomic E-state index is 0. The van der Waals surface area contributed by atoms with Crippen LogP contribution < -0.4 is 24.8 Å². The number of rotatable bonds is 1. The van der Waals surface area contributed by atoms with Gasteiger partial charge < -0.3 is 24.8 Å². The molecule has 3 heteroatoms. The summed E-state index contributed by atoms with van der Waals surface area (Å²) in [5, 5.41) is 2.64. The maximum Gasteiger partial charge on any atom is 4.00 e. The number of benzene rings is 2. The Balaban J connectivity index is 0.000000457. The molecule has 140 valence electrons. The third-order valence-corrected chi connectivity index (χ3v) is 5.53. The van der Waals surface area contributed by atoms with Gasteiger partial charge in [0.2, 0.25) is 0 Å². The zero-order valence-corrected chi connectivity index (χ0v) is 20.7. The van der Waals surface area contributed by atoms with E-state index in [1.807, 2.05) is 0 Å². The van der Waals surface area contributed by atoms with Crippen molar-refractivity contribution in [3.05, 3.63) is 87.5 Å². The van der Waals surface area contributed by atoms with Crippen molar-refractivity contribution in [3.63, 3.8) is 0 Å². The Bertz CT molecular complexity index is 894. The van der Waals surface area contributed by atoms with Crippen LogP contribution in [0.5, 0.6) is 0 Å². The molecule has 0 unspecified atom stereocenters. The number of hydrogen-bond acceptors (Lipinski definition) is 0. The van der Waals surface area contributed by atoms with E-state index < -0.39 is 0 Å². The summed E-state index contributed by atoms with van der Waals surface area (Å²) in [6.07, 6.45) is 7.64. The van der Waals surface area contributed by atoms with E-state index in [1.54, 1.807) is 5.56 Å². The summed E-state index contributed by atoms with van der Waals surface area (Å²) >= 11 is 0. The maximum absolute atomic E-state index is 3.32. The molecule has 3 aromatic carbocycles. The van der Waals surface area contributed by atoms with Gasteiger partial charge in [0.25, 0.3) is 0 Å². The van der Waals surface area contributed by atoms with Crippen LogP contribution in [0.1, 0.15) is 45.9 Å². The monoisotopic (exact) mass is 474 g/mol. The van der Waals surface area contributed by atoms with E-state index >= 15 is 0 Å². The maximum atomic E-state index is 3.32. The van der Waals surface area contributed by atoms with Gasteiger partial charge in [-0.15, -0.1) is 23.1 Å². The van der Waals surface area contributed by atoms with Crippen LogP contribution in [-0.2, 0) is 39.0 Å². The molecule has 0 heterocycles. The Hall–Kier alpha value is -0.747. The average molecular weight is 477 g/mol. The van der Waals surface area contributed by atoms with Crippen molar-refractivity contribution >= 4 is 10.8 Å². The number of hydrogen-bond donors (Lipinski definition) is 0. The number of fused-ring (bicyclic) bond motifs is 3. The molecule has 1 aliphatic carbocycles. The van der Waals surface area contributed by atoms with Crippen LogP contribution in [0.25, 0.3) is 10.8 Å². The van der Waals surface area contributed by atoms with Gasteiger partial charge in [0.15, 0.2) is 0 Å². The zero-order chi connectivity index (χ0) is 17.3. The van der Waals surface area contributed by atoms with Crippen molar-refractivity contribution in [1.29, 1.82) is 0 Å². The molecular weight excluding hydrogens is 450 g/mol. The first-order valence-corrected chi connectivity index (χ1v) is 8.85. The molecule has 3 aromatic rings. The minimum Gasteiger partial charge on any atom is -1.00 e. The van der Waals surface area contributed by atoms with Gasteiger partial charge in [-0.2, -0.15) is 45.5 Å². The van der Waals surface area contributed by atoms with Crippen LogP contribution >= 0.6 is 0 Å². The summed E-state index contributed by atoms with van der Waals surface area (Å²) in [5.41, 5.74) is 10.2. The number of halogens is 2. The smallest absolute Gasteiger partial charge is 1.00 e. The van der Waals surface area contributed by atoms with Gasteiger partial charge >= 0.3 is 26.2 Å². The molecule has 4 rings (SSSR count). The van der Waals surface area contributed by atoms with Crippen LogP contribution in [-0.4, -0.2) is 0 Å². The molecule has 0 N–H and O–H groups in total. The topological polar surface area (TPSA) is 0 Å². The van der Waals surface area contributed by atoms with Crippen molar-refractivity contribution < 1.29 is 51.0 Å². The Morgan fingerprint density at radius 3 is 2.19 bits per heavy atom. The largest absolute Gasteiger partial charge is 4.00 e. The first-order chi connectivity index (χ1) is 11.5. The van der Waals surface area contributed by atoms with Gasteiger partial charge in [-0.05, 0) is 0 Å². The summed E-state index contributed by atoms with van der Waals surface area (Å²) in [5.74, 6) is 0. The Morgan fingerprint density at radius 2 is 1.63 bits per heavy atom. The van der Waals surface area contributed by atoms with Gasteiger partial charge in [0.1, 0.15) is 0 Å². The van der Waals surface area contributed by atoms with Crippen molar-refractivity contribution in [2.45, 2.75) is 47.5 Å². The molecule has 0 atom stereocenters. The zero-order valence-electron chi connectivity index (χ0n) is 16.7. The summed E-state index contributed by atoms with van der Waals surface area (Å²) in [7, 11) is 0. The second-order valence-corrected chi connectivity index (χ2v) is 6.71. The summed E-state index contributed by atoms with van der Waals surface area (Å²) in [6, 6.07) is 12.9. The first-order valence-electron chi connectivity index (χ1n) is 8.85. The van der Waals surface area contributed by atoms with Crippen LogP contribution in [0.4, 0.5) is 0 Å². The molecule has 0 fully saturated rings. The Kier molecular flexibility index (Phi) is 11.0. The predicted molar refractivity (Wildman–Crippen MR) is 105 cm³/mol. The standard InChI is InChI=1S/C13H9.C11H17.2ClH.Zr/c1-2-6-12-10(4-1)8-9-11-5-3-7-13(11)12;1-6-11-9(4)7(2)8(3)10(11)5;;;/h1-4,6,8-9H,5H2;6H2,1-5H3;2*1H;/q2*-1;;;+4/p-2. The average Bonchev–Trinajstić information content (AvgIpc) is 3.16. The molecule has 0 amide bonds. The van der Waals surface area contributed by atoms with Crippen molar-refractivity contribution in [3.8, 4) is 0 Å². The molecular formula is C24H26Cl2Zr. The van der Waals surface area contributed by atoms with Gasteiger partial charge in [-0.3, -0.25) is 0 Å². The fourth-order valence-electron chi connectivity index (χ4n) is 3.75. The summed E-state index contributed by atoms with van der Waals surface area (Å²) in [4.78, 5) is 0. The first kappa shape index (κ1) is 26.3. The van der Waals surface area contributed by atoms with E-state index in [2.05, 4.69) is 83.2 Å². The van der Waals surface area contributed by atoms with Crippen LogP contribution in [0.15, 0.2) is 42.5 Å². The molecule has 0 aliphatic heterocycles. The third kappa shape index (κ3) is 5.20. The van der Waals surface area contributed by atoms with Gasteiger partial charge in [-0.1, -0.05) is 77.1 Å². The van der Waals surface area contributed by atoms with E-state index in [9.17, 15) is 0 Å². The third-order valence-electron chi connectivity index (χ3n) is 5.53. The fraction of sp³-hybridized carbons (Fsp3) is 0.292.